The maximum Gasteiger partial charge on any atom is 0.328 e. The Morgan fingerprint density at radius 3 is 2.58 bits per heavy atom. The number of nitrogens with zero attached hydrogens (tertiary/aromatic N) is 2. The van der Waals surface area contributed by atoms with Gasteiger partial charge < -0.3 is 9.88 Å². The molecule has 0 saturated carbocycles. The van der Waals surface area contributed by atoms with Crippen LogP contribution in [0.2, 0.25) is 0 Å². The average molecular weight is 345 g/mol. The van der Waals surface area contributed by atoms with Crippen molar-refractivity contribution in [2.24, 2.45) is 0 Å². The van der Waals surface area contributed by atoms with Crippen LogP contribution in [0.15, 0.2) is 54.6 Å². The molecule has 5 heteroatoms. The third-order valence-corrected chi connectivity index (χ3v) is 5.60. The molecule has 0 aliphatic carbocycles. The van der Waals surface area contributed by atoms with E-state index in [-0.39, 0.29) is 18.0 Å². The lowest BCUT2D eigenvalue weighted by Crippen LogP contribution is -2.42. The van der Waals surface area contributed by atoms with Crippen molar-refractivity contribution in [3.63, 3.8) is 0 Å². The minimum atomic E-state index is -0.409. The summed E-state index contributed by atoms with van der Waals surface area (Å²) >= 11 is 0. The largest absolute Gasteiger partial charge is 0.356 e. The molecule has 2 aromatic carbocycles. The summed E-state index contributed by atoms with van der Waals surface area (Å²) in [7, 11) is 0. The van der Waals surface area contributed by atoms with Crippen molar-refractivity contribution in [3.8, 4) is 0 Å². The van der Waals surface area contributed by atoms with Gasteiger partial charge in [0.1, 0.15) is 6.04 Å². The fraction of sp³-hybridized carbons (Fsp3) is 0.238. The molecular weight excluding hydrogens is 326 g/mol. The summed E-state index contributed by atoms with van der Waals surface area (Å²) in [4.78, 5) is 32.6. The number of hydrogen-bond acceptors (Lipinski definition) is 2. The lowest BCUT2D eigenvalue weighted by Gasteiger charge is -2.33. The van der Waals surface area contributed by atoms with E-state index >= 15 is 0 Å². The second-order valence-electron chi connectivity index (χ2n) is 7.06. The molecule has 0 radical (unpaired) electrons. The fourth-order valence-electron chi connectivity index (χ4n) is 4.33. The highest BCUT2D eigenvalue weighted by Crippen LogP contribution is 2.40. The van der Waals surface area contributed by atoms with Gasteiger partial charge in [-0.2, -0.15) is 0 Å². The number of amides is 3. The van der Waals surface area contributed by atoms with E-state index in [0.29, 0.717) is 13.0 Å². The Balaban J connectivity index is 1.53. The molecule has 130 valence electrons. The Morgan fingerprint density at radius 1 is 1.04 bits per heavy atom. The number of para-hydroxylation sites is 1. The summed E-state index contributed by atoms with van der Waals surface area (Å²) in [5.74, 6) is -0.0957. The Bertz CT molecular complexity index is 1020. The van der Waals surface area contributed by atoms with Crippen molar-refractivity contribution in [1.29, 1.82) is 0 Å². The molecule has 1 N–H and O–H groups in total. The number of benzene rings is 2. The zero-order valence-corrected chi connectivity index (χ0v) is 14.5. The highest BCUT2D eigenvalue weighted by Gasteiger charge is 2.50. The Kier molecular flexibility index (Phi) is 3.19. The zero-order chi connectivity index (χ0) is 17.8. The van der Waals surface area contributed by atoms with Gasteiger partial charge in [-0.05, 0) is 24.1 Å². The maximum absolute atomic E-state index is 13.0. The number of aromatic nitrogens is 1. The maximum atomic E-state index is 13.0. The quantitative estimate of drug-likeness (QED) is 0.721. The number of hydrogen-bond donors (Lipinski definition) is 1. The molecule has 2 aliphatic heterocycles. The van der Waals surface area contributed by atoms with Crippen molar-refractivity contribution in [2.45, 2.75) is 32.0 Å². The predicted molar refractivity (Wildman–Crippen MR) is 98.4 cm³/mol. The number of H-pyrrole nitrogens is 1. The highest BCUT2D eigenvalue weighted by molar-refractivity contribution is 6.05. The molecule has 1 aromatic heterocycles. The first-order valence-corrected chi connectivity index (χ1v) is 8.92. The molecule has 0 spiro atoms. The smallest absolute Gasteiger partial charge is 0.328 e. The summed E-state index contributed by atoms with van der Waals surface area (Å²) in [5.41, 5.74) is 4.24. The molecule has 1 fully saturated rings. The molecule has 2 aliphatic rings. The minimum absolute atomic E-state index is 0.0957. The first-order chi connectivity index (χ1) is 12.6. The van der Waals surface area contributed by atoms with E-state index < -0.39 is 6.04 Å². The summed E-state index contributed by atoms with van der Waals surface area (Å²) < 4.78 is 0. The van der Waals surface area contributed by atoms with Crippen LogP contribution >= 0.6 is 0 Å². The molecule has 26 heavy (non-hydrogen) atoms. The van der Waals surface area contributed by atoms with Crippen LogP contribution in [0.1, 0.15) is 29.8 Å². The molecule has 3 aromatic rings. The zero-order valence-electron chi connectivity index (χ0n) is 14.5. The van der Waals surface area contributed by atoms with Gasteiger partial charge in [-0.25, -0.2) is 4.79 Å². The van der Waals surface area contributed by atoms with Crippen molar-refractivity contribution in [3.05, 3.63) is 71.4 Å². The number of carbonyl (C=O) groups is 2. The van der Waals surface area contributed by atoms with Crippen LogP contribution < -0.4 is 0 Å². The Labute approximate surface area is 151 Å². The summed E-state index contributed by atoms with van der Waals surface area (Å²) in [6.45, 7) is 2.32. The van der Waals surface area contributed by atoms with Gasteiger partial charge in [-0.3, -0.25) is 9.69 Å². The SMILES string of the molecule is CC1c2[nH]c3ccccc3c2CC2C(=O)N(Cc3ccccc3)C(=O)N21. The number of nitrogens with one attached hydrogen (secondary N) is 1. The first-order valence-electron chi connectivity index (χ1n) is 8.92. The van der Waals surface area contributed by atoms with Crippen molar-refractivity contribution < 1.29 is 9.59 Å². The number of aromatic amines is 1. The van der Waals surface area contributed by atoms with Gasteiger partial charge in [0.25, 0.3) is 5.91 Å². The van der Waals surface area contributed by atoms with Gasteiger partial charge in [0.15, 0.2) is 0 Å². The fourth-order valence-corrected chi connectivity index (χ4v) is 4.33. The first kappa shape index (κ1) is 15.2. The van der Waals surface area contributed by atoms with E-state index in [4.69, 9.17) is 0 Å². The monoisotopic (exact) mass is 345 g/mol. The van der Waals surface area contributed by atoms with Crippen molar-refractivity contribution in [1.82, 2.24) is 14.8 Å². The number of imide groups is 1. The second-order valence-corrected chi connectivity index (χ2v) is 7.06. The minimum Gasteiger partial charge on any atom is -0.356 e. The molecule has 3 heterocycles. The van der Waals surface area contributed by atoms with Crippen LogP contribution in [0.5, 0.6) is 0 Å². The summed E-state index contributed by atoms with van der Waals surface area (Å²) in [5, 5.41) is 1.15. The summed E-state index contributed by atoms with van der Waals surface area (Å²) in [6.07, 6.45) is 0.569. The van der Waals surface area contributed by atoms with Gasteiger partial charge in [0, 0.05) is 23.0 Å². The number of fused-ring (bicyclic) bond motifs is 4. The molecule has 5 rings (SSSR count). The molecule has 0 bridgehead atoms. The van der Waals surface area contributed by atoms with Crippen LogP contribution in [-0.2, 0) is 17.8 Å². The topological polar surface area (TPSA) is 56.4 Å². The molecule has 5 nitrogen and oxygen atoms in total. The van der Waals surface area contributed by atoms with Crippen LogP contribution in [0.25, 0.3) is 10.9 Å². The van der Waals surface area contributed by atoms with Gasteiger partial charge in [-0.15, -0.1) is 0 Å². The highest BCUT2D eigenvalue weighted by atomic mass is 16.2. The van der Waals surface area contributed by atoms with Gasteiger partial charge in [0.2, 0.25) is 0 Å². The number of rotatable bonds is 2. The van der Waals surface area contributed by atoms with E-state index in [1.54, 1.807) is 4.90 Å². The number of carbonyl (C=O) groups excluding carboxylic acids is 2. The third-order valence-electron chi connectivity index (χ3n) is 5.60. The Morgan fingerprint density at radius 2 is 1.77 bits per heavy atom. The van der Waals surface area contributed by atoms with Crippen LogP contribution in [0, 0.1) is 0 Å². The molecule has 3 amide bonds. The van der Waals surface area contributed by atoms with Crippen LogP contribution in [0.4, 0.5) is 4.79 Å². The molecular formula is C21H19N3O2. The van der Waals surface area contributed by atoms with E-state index in [1.807, 2.05) is 55.5 Å². The lowest BCUT2D eigenvalue weighted by molar-refractivity contribution is -0.129. The van der Waals surface area contributed by atoms with E-state index in [1.165, 1.54) is 4.90 Å². The standard InChI is InChI=1S/C21H19N3O2/c1-13-19-16(15-9-5-6-10-17(15)22-19)11-18-20(25)23(21(26)24(13)18)12-14-7-3-2-4-8-14/h2-10,13,18,22H,11-12H2,1H3. The van der Waals surface area contributed by atoms with E-state index in [9.17, 15) is 9.59 Å². The van der Waals surface area contributed by atoms with Crippen LogP contribution in [0.3, 0.4) is 0 Å². The predicted octanol–water partition coefficient (Wildman–Crippen LogP) is 3.62. The van der Waals surface area contributed by atoms with Crippen molar-refractivity contribution >= 4 is 22.8 Å². The number of urea groups is 1. The molecule has 1 saturated heterocycles. The molecule has 2 atom stereocenters. The third kappa shape index (κ3) is 2.03. The second kappa shape index (κ2) is 5.46. The summed E-state index contributed by atoms with van der Waals surface area (Å²) in [6, 6.07) is 17.0. The van der Waals surface area contributed by atoms with Gasteiger partial charge in [0.05, 0.1) is 12.6 Å². The van der Waals surface area contributed by atoms with Gasteiger partial charge >= 0.3 is 6.03 Å². The van der Waals surface area contributed by atoms with E-state index in [0.717, 1.165) is 27.7 Å². The average Bonchev–Trinajstić information content (AvgIpc) is 3.15. The lowest BCUT2D eigenvalue weighted by atomic mass is 9.93. The van der Waals surface area contributed by atoms with Gasteiger partial charge in [-0.1, -0.05) is 48.5 Å². The van der Waals surface area contributed by atoms with Crippen molar-refractivity contribution in [2.75, 3.05) is 0 Å². The Hall–Kier alpha value is -3.08. The molecule has 2 unspecified atom stereocenters. The van der Waals surface area contributed by atoms with Crippen LogP contribution in [-0.4, -0.2) is 32.8 Å². The van der Waals surface area contributed by atoms with E-state index in [2.05, 4.69) is 11.1 Å². The normalized spacial score (nSPS) is 22.0.